The summed E-state index contributed by atoms with van der Waals surface area (Å²) in [5.41, 5.74) is 7.68. The standard InChI is InChI=1S/C14H16N4O/c1-10-7-13(17-9-11(15)8-14(17)19)18(16-10)12-5-3-2-4-6-12/h2-7,11H,8-9,15H2,1H3. The van der Waals surface area contributed by atoms with E-state index in [0.717, 1.165) is 17.2 Å². The number of anilines is 1. The summed E-state index contributed by atoms with van der Waals surface area (Å²) in [6, 6.07) is 11.6. The van der Waals surface area contributed by atoms with Gasteiger partial charge in [-0.15, -0.1) is 0 Å². The van der Waals surface area contributed by atoms with Gasteiger partial charge in [-0.1, -0.05) is 18.2 Å². The molecule has 0 bridgehead atoms. The molecule has 1 saturated heterocycles. The number of para-hydroxylation sites is 1. The summed E-state index contributed by atoms with van der Waals surface area (Å²) in [6.07, 6.45) is 0.402. The highest BCUT2D eigenvalue weighted by Crippen LogP contribution is 2.25. The molecule has 0 saturated carbocycles. The number of amides is 1. The molecular weight excluding hydrogens is 240 g/mol. The average molecular weight is 256 g/mol. The third kappa shape index (κ3) is 2.13. The Morgan fingerprint density at radius 3 is 2.68 bits per heavy atom. The van der Waals surface area contributed by atoms with Crippen LogP contribution in [-0.4, -0.2) is 28.3 Å². The van der Waals surface area contributed by atoms with E-state index in [1.54, 1.807) is 9.58 Å². The van der Waals surface area contributed by atoms with Crippen molar-refractivity contribution in [2.24, 2.45) is 5.73 Å². The molecule has 1 atom stereocenters. The van der Waals surface area contributed by atoms with Gasteiger partial charge < -0.3 is 5.73 Å². The van der Waals surface area contributed by atoms with Gasteiger partial charge in [-0.2, -0.15) is 5.10 Å². The number of carbonyl (C=O) groups is 1. The predicted molar refractivity (Wildman–Crippen MR) is 73.2 cm³/mol. The fraction of sp³-hybridized carbons (Fsp3) is 0.286. The van der Waals surface area contributed by atoms with Gasteiger partial charge in [0.1, 0.15) is 5.82 Å². The van der Waals surface area contributed by atoms with Crippen LogP contribution in [-0.2, 0) is 4.79 Å². The van der Waals surface area contributed by atoms with Crippen molar-refractivity contribution in [1.29, 1.82) is 0 Å². The zero-order chi connectivity index (χ0) is 13.4. The Bertz CT molecular complexity index is 605. The minimum absolute atomic E-state index is 0.0598. The molecule has 1 aliphatic rings. The quantitative estimate of drug-likeness (QED) is 0.879. The first-order valence-electron chi connectivity index (χ1n) is 6.33. The minimum atomic E-state index is -0.0908. The molecule has 1 amide bonds. The van der Waals surface area contributed by atoms with E-state index in [2.05, 4.69) is 5.10 Å². The zero-order valence-electron chi connectivity index (χ0n) is 10.8. The number of aromatic nitrogens is 2. The molecule has 2 aromatic rings. The molecular formula is C14H16N4O. The van der Waals surface area contributed by atoms with Crippen LogP contribution in [0.25, 0.3) is 5.69 Å². The van der Waals surface area contributed by atoms with Crippen molar-refractivity contribution in [3.63, 3.8) is 0 Å². The highest BCUT2D eigenvalue weighted by Gasteiger charge is 2.30. The van der Waals surface area contributed by atoms with E-state index >= 15 is 0 Å². The van der Waals surface area contributed by atoms with Gasteiger partial charge in [0.2, 0.25) is 5.91 Å². The molecule has 98 valence electrons. The molecule has 0 aliphatic carbocycles. The molecule has 3 rings (SSSR count). The van der Waals surface area contributed by atoms with Crippen LogP contribution in [0.4, 0.5) is 5.82 Å². The molecule has 1 fully saturated rings. The molecule has 5 heteroatoms. The minimum Gasteiger partial charge on any atom is -0.326 e. The Kier molecular flexibility index (Phi) is 2.83. The Hall–Kier alpha value is -2.14. The molecule has 2 N–H and O–H groups in total. The van der Waals surface area contributed by atoms with Crippen LogP contribution in [0.2, 0.25) is 0 Å². The van der Waals surface area contributed by atoms with Crippen LogP contribution in [0.1, 0.15) is 12.1 Å². The summed E-state index contributed by atoms with van der Waals surface area (Å²) in [5.74, 6) is 0.853. The lowest BCUT2D eigenvalue weighted by Crippen LogP contribution is -2.29. The number of rotatable bonds is 2. The second kappa shape index (κ2) is 4.51. The van der Waals surface area contributed by atoms with E-state index in [4.69, 9.17) is 5.73 Å². The lowest BCUT2D eigenvalue weighted by Gasteiger charge is -2.17. The van der Waals surface area contributed by atoms with Gasteiger partial charge in [0.15, 0.2) is 0 Å². The van der Waals surface area contributed by atoms with E-state index in [1.807, 2.05) is 43.3 Å². The number of hydrogen-bond acceptors (Lipinski definition) is 3. The van der Waals surface area contributed by atoms with E-state index in [-0.39, 0.29) is 11.9 Å². The average Bonchev–Trinajstić information content (AvgIpc) is 2.93. The summed E-state index contributed by atoms with van der Waals surface area (Å²) in [4.78, 5) is 13.7. The number of aryl methyl sites for hydroxylation is 1. The van der Waals surface area contributed by atoms with Gasteiger partial charge >= 0.3 is 0 Å². The third-order valence-electron chi connectivity index (χ3n) is 3.24. The summed E-state index contributed by atoms with van der Waals surface area (Å²) in [7, 11) is 0. The molecule has 19 heavy (non-hydrogen) atoms. The maximum Gasteiger partial charge on any atom is 0.229 e. The second-order valence-electron chi connectivity index (χ2n) is 4.86. The van der Waals surface area contributed by atoms with Crippen LogP contribution in [0.3, 0.4) is 0 Å². The smallest absolute Gasteiger partial charge is 0.229 e. The van der Waals surface area contributed by atoms with Crippen LogP contribution in [0.5, 0.6) is 0 Å². The van der Waals surface area contributed by atoms with Crippen LogP contribution >= 0.6 is 0 Å². The molecule has 0 radical (unpaired) electrons. The van der Waals surface area contributed by atoms with Crippen molar-refractivity contribution in [2.75, 3.05) is 11.4 Å². The Morgan fingerprint density at radius 1 is 1.32 bits per heavy atom. The highest BCUT2D eigenvalue weighted by atomic mass is 16.2. The SMILES string of the molecule is Cc1cc(N2CC(N)CC2=O)n(-c2ccccc2)n1. The van der Waals surface area contributed by atoms with Crippen LogP contribution in [0, 0.1) is 6.92 Å². The molecule has 0 spiro atoms. The Balaban J connectivity index is 2.05. The maximum absolute atomic E-state index is 12.0. The van der Waals surface area contributed by atoms with Crippen molar-refractivity contribution in [3.05, 3.63) is 42.1 Å². The first-order valence-corrected chi connectivity index (χ1v) is 6.33. The fourth-order valence-corrected chi connectivity index (χ4v) is 2.39. The fourth-order valence-electron chi connectivity index (χ4n) is 2.39. The van der Waals surface area contributed by atoms with Gasteiger partial charge in [-0.05, 0) is 19.1 Å². The number of benzene rings is 1. The van der Waals surface area contributed by atoms with Gasteiger partial charge in [0.05, 0.1) is 11.4 Å². The van der Waals surface area contributed by atoms with E-state index in [1.165, 1.54) is 0 Å². The van der Waals surface area contributed by atoms with Gasteiger partial charge in [-0.3, -0.25) is 9.69 Å². The maximum atomic E-state index is 12.0. The largest absolute Gasteiger partial charge is 0.326 e. The van der Waals surface area contributed by atoms with Gasteiger partial charge in [-0.25, -0.2) is 4.68 Å². The number of nitrogens with zero attached hydrogens (tertiary/aromatic N) is 3. The molecule has 1 aromatic carbocycles. The Labute approximate surface area is 111 Å². The monoisotopic (exact) mass is 256 g/mol. The zero-order valence-corrected chi connectivity index (χ0v) is 10.8. The van der Waals surface area contributed by atoms with Crippen LogP contribution in [0.15, 0.2) is 36.4 Å². The lowest BCUT2D eigenvalue weighted by molar-refractivity contribution is -0.117. The number of hydrogen-bond donors (Lipinski definition) is 1. The van der Waals surface area contributed by atoms with Crippen molar-refractivity contribution in [2.45, 2.75) is 19.4 Å². The molecule has 1 aromatic heterocycles. The lowest BCUT2D eigenvalue weighted by atomic mass is 10.3. The first-order chi connectivity index (χ1) is 9.15. The normalized spacial score (nSPS) is 19.2. The third-order valence-corrected chi connectivity index (χ3v) is 3.24. The summed E-state index contributed by atoms with van der Waals surface area (Å²) in [5, 5.41) is 4.47. The van der Waals surface area contributed by atoms with Gasteiger partial charge in [0.25, 0.3) is 0 Å². The van der Waals surface area contributed by atoms with Crippen molar-refractivity contribution in [3.8, 4) is 5.69 Å². The van der Waals surface area contributed by atoms with Gasteiger partial charge in [0, 0.05) is 25.1 Å². The van der Waals surface area contributed by atoms with E-state index in [9.17, 15) is 4.79 Å². The summed E-state index contributed by atoms with van der Waals surface area (Å²) >= 11 is 0. The summed E-state index contributed by atoms with van der Waals surface area (Å²) < 4.78 is 1.80. The Morgan fingerprint density at radius 2 is 2.05 bits per heavy atom. The molecule has 5 nitrogen and oxygen atoms in total. The van der Waals surface area contributed by atoms with Crippen molar-refractivity contribution < 1.29 is 4.79 Å². The second-order valence-corrected chi connectivity index (χ2v) is 4.86. The topological polar surface area (TPSA) is 64.2 Å². The predicted octanol–water partition coefficient (Wildman–Crippen LogP) is 1.24. The summed E-state index contributed by atoms with van der Waals surface area (Å²) in [6.45, 7) is 2.47. The van der Waals surface area contributed by atoms with Crippen LogP contribution < -0.4 is 10.6 Å². The molecule has 1 aliphatic heterocycles. The first kappa shape index (κ1) is 11.9. The number of carbonyl (C=O) groups excluding carboxylic acids is 1. The van der Waals surface area contributed by atoms with E-state index in [0.29, 0.717) is 13.0 Å². The molecule has 1 unspecified atom stereocenters. The highest BCUT2D eigenvalue weighted by molar-refractivity contribution is 5.95. The van der Waals surface area contributed by atoms with Crippen molar-refractivity contribution in [1.82, 2.24) is 9.78 Å². The number of nitrogens with two attached hydrogens (primary N) is 1. The molecule has 2 heterocycles. The van der Waals surface area contributed by atoms with Crippen molar-refractivity contribution >= 4 is 11.7 Å². The van der Waals surface area contributed by atoms with E-state index < -0.39 is 0 Å².